The van der Waals surface area contributed by atoms with Crippen LogP contribution in [0.15, 0.2) is 30.5 Å². The van der Waals surface area contributed by atoms with Gasteiger partial charge in [-0.1, -0.05) is 12.2 Å². The van der Waals surface area contributed by atoms with Gasteiger partial charge in [-0.15, -0.1) is 0 Å². The molecule has 33 heavy (non-hydrogen) atoms. The summed E-state index contributed by atoms with van der Waals surface area (Å²) >= 11 is 10.6. The predicted molar refractivity (Wildman–Crippen MR) is 123 cm³/mol. The number of nitrogens with zero attached hydrogens (tertiary/aromatic N) is 3. The van der Waals surface area contributed by atoms with Gasteiger partial charge in [-0.2, -0.15) is 13.2 Å². The second-order valence-corrected chi connectivity index (χ2v) is 8.43. The first-order valence-electron chi connectivity index (χ1n) is 9.83. The molecule has 6 nitrogen and oxygen atoms in total. The van der Waals surface area contributed by atoms with Crippen LogP contribution in [0.2, 0.25) is 0 Å². The zero-order valence-corrected chi connectivity index (χ0v) is 18.8. The van der Waals surface area contributed by atoms with Gasteiger partial charge in [0.15, 0.2) is 5.11 Å². The zero-order valence-electron chi connectivity index (χ0n) is 17.2. The van der Waals surface area contributed by atoms with Crippen LogP contribution in [0.5, 0.6) is 0 Å². The van der Waals surface area contributed by atoms with Crippen molar-refractivity contribution in [3.8, 4) is 0 Å². The Morgan fingerprint density at radius 2 is 1.97 bits per heavy atom. The second-order valence-electron chi connectivity index (χ2n) is 7.66. The molecule has 0 unspecified atom stereocenters. The summed E-state index contributed by atoms with van der Waals surface area (Å²) in [4.78, 5) is 19.9. The Labute approximate surface area is 197 Å². The molecule has 0 bridgehead atoms. The highest BCUT2D eigenvalue weighted by Gasteiger charge is 2.59. The van der Waals surface area contributed by atoms with Gasteiger partial charge in [0.05, 0.1) is 23.1 Å². The summed E-state index contributed by atoms with van der Waals surface area (Å²) in [5.41, 5.74) is -2.51. The van der Waals surface area contributed by atoms with Crippen molar-refractivity contribution in [1.82, 2.24) is 10.3 Å². The largest absolute Gasteiger partial charge is 0.418 e. The molecule has 1 amide bonds. The highest BCUT2D eigenvalue weighted by atomic mass is 32.1. The third-order valence-electron chi connectivity index (χ3n) is 5.88. The van der Waals surface area contributed by atoms with Gasteiger partial charge in [-0.05, 0) is 55.7 Å². The molecule has 172 valence electrons. The van der Waals surface area contributed by atoms with Gasteiger partial charge in [0, 0.05) is 24.5 Å². The maximum absolute atomic E-state index is 14.8. The number of rotatable bonds is 4. The van der Waals surface area contributed by atoms with E-state index in [2.05, 4.69) is 10.3 Å². The van der Waals surface area contributed by atoms with E-state index in [-0.39, 0.29) is 21.4 Å². The number of hydrogen-bond acceptors (Lipinski definition) is 5. The standard InChI is InChI=1S/C21H17F4N5OS2/c1-27-17(32)13-4-3-11(8-15(13)22)30-19(33)29(18(31)20(30)5-2-6-20)12-7-14(21(23,24)25)16(9-26)28-10-12/h3-4,7-10,26H,2,5-6H2,1H3,(H,27,32). The van der Waals surface area contributed by atoms with Crippen molar-refractivity contribution in [2.45, 2.75) is 31.0 Å². The summed E-state index contributed by atoms with van der Waals surface area (Å²) in [6.45, 7) is 0. The Balaban J connectivity index is 1.80. The molecule has 1 aromatic heterocycles. The van der Waals surface area contributed by atoms with Gasteiger partial charge in [-0.3, -0.25) is 14.7 Å². The summed E-state index contributed by atoms with van der Waals surface area (Å²) in [6, 6.07) is 5.00. The van der Waals surface area contributed by atoms with Crippen molar-refractivity contribution >= 4 is 58.0 Å². The molecule has 2 aliphatic rings. The van der Waals surface area contributed by atoms with Crippen LogP contribution in [-0.4, -0.2) is 39.8 Å². The average molecular weight is 496 g/mol. The Morgan fingerprint density at radius 3 is 2.48 bits per heavy atom. The number of pyridine rings is 1. The van der Waals surface area contributed by atoms with E-state index in [4.69, 9.17) is 29.8 Å². The first-order valence-corrected chi connectivity index (χ1v) is 10.6. The predicted octanol–water partition coefficient (Wildman–Crippen LogP) is 4.19. The van der Waals surface area contributed by atoms with Crippen LogP contribution < -0.4 is 15.1 Å². The molecule has 2 heterocycles. The zero-order chi connectivity index (χ0) is 24.1. The molecule has 12 heteroatoms. The number of carbonyl (C=O) groups is 1. The maximum Gasteiger partial charge on any atom is 0.418 e. The Kier molecular flexibility index (Phi) is 5.69. The normalized spacial score (nSPS) is 17.4. The Hall–Kier alpha value is -2.99. The molecule has 0 radical (unpaired) electrons. The third-order valence-corrected chi connectivity index (χ3v) is 6.67. The molecular weight excluding hydrogens is 478 g/mol. The van der Waals surface area contributed by atoms with Gasteiger partial charge in [0.1, 0.15) is 16.3 Å². The summed E-state index contributed by atoms with van der Waals surface area (Å²) < 4.78 is 55.3. The topological polar surface area (TPSA) is 72.3 Å². The van der Waals surface area contributed by atoms with Crippen molar-refractivity contribution in [1.29, 1.82) is 5.41 Å². The van der Waals surface area contributed by atoms with E-state index in [0.29, 0.717) is 31.2 Å². The quantitative estimate of drug-likeness (QED) is 0.377. The van der Waals surface area contributed by atoms with Crippen LogP contribution in [0.3, 0.4) is 0 Å². The lowest BCUT2D eigenvalue weighted by molar-refractivity contribution is -0.138. The fourth-order valence-electron chi connectivity index (χ4n) is 4.10. The first kappa shape index (κ1) is 23.2. The molecule has 1 saturated carbocycles. The molecule has 1 spiro atoms. The van der Waals surface area contributed by atoms with Crippen LogP contribution >= 0.6 is 24.4 Å². The van der Waals surface area contributed by atoms with Crippen molar-refractivity contribution < 1.29 is 22.4 Å². The van der Waals surface area contributed by atoms with Crippen molar-refractivity contribution in [3.05, 3.63) is 53.1 Å². The third kappa shape index (κ3) is 3.57. The number of aromatic nitrogens is 1. The van der Waals surface area contributed by atoms with Gasteiger partial charge >= 0.3 is 6.18 Å². The number of nitrogens with one attached hydrogen (secondary N) is 2. The van der Waals surface area contributed by atoms with Crippen LogP contribution in [-0.2, 0) is 11.0 Å². The van der Waals surface area contributed by atoms with Crippen molar-refractivity contribution in [3.63, 3.8) is 0 Å². The first-order chi connectivity index (χ1) is 15.5. The van der Waals surface area contributed by atoms with Crippen molar-refractivity contribution in [2.75, 3.05) is 16.8 Å². The molecule has 2 N–H and O–H groups in total. The van der Waals surface area contributed by atoms with Gasteiger partial charge in [0.2, 0.25) is 0 Å². The number of alkyl halides is 3. The average Bonchev–Trinajstić information content (AvgIpc) is 2.98. The minimum absolute atomic E-state index is 0.0689. The molecular formula is C21H17F4N5OS2. The van der Waals surface area contributed by atoms with Gasteiger partial charge in [-0.25, -0.2) is 4.39 Å². The maximum atomic E-state index is 14.8. The highest BCUT2D eigenvalue weighted by molar-refractivity contribution is 7.81. The molecule has 4 rings (SSSR count). The second kappa shape index (κ2) is 8.10. The Morgan fingerprint density at radius 1 is 1.27 bits per heavy atom. The summed E-state index contributed by atoms with van der Waals surface area (Å²) in [6.07, 6.45) is -1.67. The number of anilines is 2. The highest BCUT2D eigenvalue weighted by Crippen LogP contribution is 2.48. The smallest absolute Gasteiger partial charge is 0.379 e. The molecule has 2 aromatic rings. The molecule has 2 fully saturated rings. The lowest BCUT2D eigenvalue weighted by Crippen LogP contribution is -2.55. The Bertz CT molecular complexity index is 1200. The van der Waals surface area contributed by atoms with Crippen LogP contribution in [0, 0.1) is 11.2 Å². The summed E-state index contributed by atoms with van der Waals surface area (Å²) in [5.74, 6) is -1.11. The summed E-state index contributed by atoms with van der Waals surface area (Å²) in [5, 5.41) is 9.83. The number of halogens is 4. The minimum atomic E-state index is -4.78. The van der Waals surface area contributed by atoms with E-state index < -0.39 is 34.7 Å². The van der Waals surface area contributed by atoms with Crippen LogP contribution in [0.25, 0.3) is 0 Å². The fraction of sp³-hybridized carbons (Fsp3) is 0.286. The molecule has 1 aliphatic heterocycles. The molecule has 1 aromatic carbocycles. The SMILES string of the molecule is CNC(=S)c1ccc(N2C(=S)N(c3cnc(C=N)c(C(F)(F)F)c3)C(=O)C23CCC3)cc1F. The number of thiocarbonyl (C=S) groups is 2. The minimum Gasteiger partial charge on any atom is -0.379 e. The van der Waals surface area contributed by atoms with Gasteiger partial charge in [0.25, 0.3) is 5.91 Å². The van der Waals surface area contributed by atoms with E-state index >= 15 is 0 Å². The number of carbonyl (C=O) groups excluding carboxylic acids is 1. The van der Waals surface area contributed by atoms with E-state index in [1.807, 2.05) is 0 Å². The van der Waals surface area contributed by atoms with E-state index in [0.717, 1.165) is 17.2 Å². The van der Waals surface area contributed by atoms with Crippen molar-refractivity contribution in [2.24, 2.45) is 0 Å². The molecule has 1 aliphatic carbocycles. The van der Waals surface area contributed by atoms with Crippen LogP contribution in [0.4, 0.5) is 28.9 Å². The van der Waals surface area contributed by atoms with Crippen LogP contribution in [0.1, 0.15) is 36.1 Å². The van der Waals surface area contributed by atoms with E-state index in [1.54, 1.807) is 13.1 Å². The summed E-state index contributed by atoms with van der Waals surface area (Å²) in [7, 11) is 1.57. The van der Waals surface area contributed by atoms with E-state index in [9.17, 15) is 22.4 Å². The number of amides is 1. The number of hydrogen-bond donors (Lipinski definition) is 2. The fourth-order valence-corrected chi connectivity index (χ4v) is 4.73. The molecule has 0 atom stereocenters. The molecule has 1 saturated heterocycles. The lowest BCUT2D eigenvalue weighted by atomic mass is 9.75. The van der Waals surface area contributed by atoms with Gasteiger partial charge < -0.3 is 15.6 Å². The number of benzene rings is 1. The monoisotopic (exact) mass is 495 g/mol. The lowest BCUT2D eigenvalue weighted by Gasteiger charge is -2.43. The van der Waals surface area contributed by atoms with E-state index in [1.165, 1.54) is 17.0 Å².